The van der Waals surface area contributed by atoms with E-state index in [2.05, 4.69) is 61.4 Å². The summed E-state index contributed by atoms with van der Waals surface area (Å²) in [5, 5.41) is 35.8. The van der Waals surface area contributed by atoms with Gasteiger partial charge in [0.2, 0.25) is 11.8 Å². The van der Waals surface area contributed by atoms with Gasteiger partial charge in [-0.2, -0.15) is 0 Å². The van der Waals surface area contributed by atoms with Gasteiger partial charge in [-0.1, -0.05) is 18.9 Å². The molecule has 1 saturated carbocycles. The van der Waals surface area contributed by atoms with Crippen molar-refractivity contribution in [3.8, 4) is 0 Å². The molecule has 1 aromatic carbocycles. The Balaban J connectivity index is 1.46. The molecule has 1 aliphatic heterocycles. The van der Waals surface area contributed by atoms with Crippen molar-refractivity contribution >= 4 is 35.3 Å². The van der Waals surface area contributed by atoms with Crippen molar-refractivity contribution in [2.45, 2.75) is 101 Å². The second-order valence-corrected chi connectivity index (χ2v) is 13.5. The molecule has 1 unspecified atom stereocenters. The molecule has 3 amide bonds. The van der Waals surface area contributed by atoms with E-state index >= 15 is 0 Å². The van der Waals surface area contributed by atoms with Gasteiger partial charge in [0.05, 0.1) is 18.7 Å². The number of nitrogens with two attached hydrogens (primary N) is 2. The van der Waals surface area contributed by atoms with Crippen LogP contribution in [0.15, 0.2) is 29.3 Å². The maximum atomic E-state index is 12.8. The molecule has 0 spiro atoms. The second kappa shape index (κ2) is 22.1. The molecular weight excluding hydrogens is 642 g/mol. The van der Waals surface area contributed by atoms with Gasteiger partial charge in [-0.3, -0.25) is 19.2 Å². The number of aliphatic carboxylic acids is 1. The fraction of sp³-hybridized carbons (Fsp3) is 0.676. The Morgan fingerprint density at radius 1 is 0.880 bits per heavy atom. The van der Waals surface area contributed by atoms with Crippen molar-refractivity contribution in [3.05, 3.63) is 29.8 Å². The van der Waals surface area contributed by atoms with Crippen LogP contribution in [0.25, 0.3) is 0 Å². The molecule has 2 aliphatic rings. The fourth-order valence-corrected chi connectivity index (χ4v) is 6.30. The van der Waals surface area contributed by atoms with E-state index in [1.807, 2.05) is 0 Å². The first-order chi connectivity index (χ1) is 24.0. The predicted molar refractivity (Wildman–Crippen MR) is 194 cm³/mol. The summed E-state index contributed by atoms with van der Waals surface area (Å²) in [5.74, 6) is -2.84. The molecule has 3 rings (SSSR count). The summed E-state index contributed by atoms with van der Waals surface area (Å²) in [7, 11) is 0. The molecule has 0 radical (unpaired) electrons. The van der Waals surface area contributed by atoms with Crippen molar-refractivity contribution in [1.29, 1.82) is 0 Å². The van der Waals surface area contributed by atoms with Crippen LogP contribution >= 0.6 is 0 Å². The first-order valence-electron chi connectivity index (χ1n) is 17.9. The number of benzene rings is 1. The summed E-state index contributed by atoms with van der Waals surface area (Å²) in [6.07, 6.45) is 5.71. The van der Waals surface area contributed by atoms with E-state index < -0.39 is 36.8 Å². The van der Waals surface area contributed by atoms with E-state index in [0.717, 1.165) is 52.0 Å². The third kappa shape index (κ3) is 16.3. The van der Waals surface area contributed by atoms with E-state index in [9.17, 15) is 24.3 Å². The third-order valence-electron chi connectivity index (χ3n) is 8.95. The van der Waals surface area contributed by atoms with Crippen LogP contribution in [0.5, 0.6) is 0 Å². The van der Waals surface area contributed by atoms with Crippen molar-refractivity contribution < 1.29 is 24.3 Å². The summed E-state index contributed by atoms with van der Waals surface area (Å²) in [6.45, 7) is 8.79. The molecule has 50 heavy (non-hydrogen) atoms. The number of nitrogens with one attached hydrogen (secondary N) is 8. The van der Waals surface area contributed by atoms with E-state index in [1.165, 1.54) is 31.4 Å². The number of nitrogens with zero attached hydrogens (tertiary/aromatic N) is 1. The highest BCUT2D eigenvalue weighted by atomic mass is 16.4. The van der Waals surface area contributed by atoms with E-state index in [0.29, 0.717) is 36.4 Å². The molecule has 13 N–H and O–H groups in total. The van der Waals surface area contributed by atoms with Crippen LogP contribution in [0.3, 0.4) is 0 Å². The highest BCUT2D eigenvalue weighted by Gasteiger charge is 2.25. The van der Waals surface area contributed by atoms with E-state index in [1.54, 1.807) is 12.1 Å². The summed E-state index contributed by atoms with van der Waals surface area (Å²) < 4.78 is 0. The zero-order chi connectivity index (χ0) is 36.3. The SMILES string of the molecule is C[C@H]1CN[C@@H](CCCNC(=O)CC(CC(=O)O)NC(=O)CNC(=O)c2cccc(N=C(N)N)c2)CN[C@H]2CCCC[C@H]2NCCN[C@@H](C)CN1. The number of hydrogen-bond acceptors (Lipinski definition) is 10. The van der Waals surface area contributed by atoms with Gasteiger partial charge < -0.3 is 59.1 Å². The molecule has 280 valence electrons. The first kappa shape index (κ1) is 40.6. The topological polar surface area (TPSA) is 249 Å². The maximum Gasteiger partial charge on any atom is 0.305 e. The van der Waals surface area contributed by atoms with Crippen LogP contribution in [0.4, 0.5) is 5.69 Å². The minimum atomic E-state index is -1.16. The van der Waals surface area contributed by atoms with Gasteiger partial charge in [-0.15, -0.1) is 0 Å². The number of carbonyl (C=O) groups is 4. The zero-order valence-electron chi connectivity index (χ0n) is 29.6. The van der Waals surface area contributed by atoms with Gasteiger partial charge in [0, 0.05) is 87.5 Å². The first-order valence-corrected chi connectivity index (χ1v) is 17.9. The van der Waals surface area contributed by atoms with Crippen LogP contribution in [0.2, 0.25) is 0 Å². The summed E-state index contributed by atoms with van der Waals surface area (Å²) in [6, 6.07) is 7.01. The van der Waals surface area contributed by atoms with Crippen molar-refractivity contribution in [1.82, 2.24) is 42.5 Å². The van der Waals surface area contributed by atoms with E-state index in [4.69, 9.17) is 11.5 Å². The quantitative estimate of drug-likeness (QED) is 0.0673. The number of carboxylic acids is 1. The molecule has 1 aromatic rings. The lowest BCUT2D eigenvalue weighted by molar-refractivity contribution is -0.137. The van der Waals surface area contributed by atoms with Crippen LogP contribution in [-0.4, -0.2) is 117 Å². The molecule has 1 heterocycles. The highest BCUT2D eigenvalue weighted by molar-refractivity contribution is 5.97. The molecular formula is C34H59N11O5. The Labute approximate surface area is 295 Å². The molecule has 2 fully saturated rings. The maximum absolute atomic E-state index is 12.8. The number of rotatable bonds is 13. The Morgan fingerprint density at radius 3 is 2.32 bits per heavy atom. The third-order valence-corrected chi connectivity index (χ3v) is 8.95. The van der Waals surface area contributed by atoms with E-state index in [-0.39, 0.29) is 29.9 Å². The lowest BCUT2D eigenvalue weighted by atomic mass is 9.90. The van der Waals surface area contributed by atoms with Gasteiger partial charge in [0.1, 0.15) is 0 Å². The highest BCUT2D eigenvalue weighted by Crippen LogP contribution is 2.19. The van der Waals surface area contributed by atoms with Crippen molar-refractivity contribution in [3.63, 3.8) is 0 Å². The number of carboxylic acid groups (broad SMARTS) is 1. The molecule has 0 aromatic heterocycles. The van der Waals surface area contributed by atoms with Crippen molar-refractivity contribution in [2.75, 3.05) is 45.8 Å². The number of hydrogen-bond donors (Lipinski definition) is 11. The van der Waals surface area contributed by atoms with Crippen molar-refractivity contribution in [2.24, 2.45) is 16.5 Å². The van der Waals surface area contributed by atoms with Crippen LogP contribution < -0.4 is 54.0 Å². The molecule has 16 nitrogen and oxygen atoms in total. The van der Waals surface area contributed by atoms with Gasteiger partial charge >= 0.3 is 5.97 Å². The number of fused-ring (bicyclic) bond motifs is 1. The molecule has 1 saturated heterocycles. The predicted octanol–water partition coefficient (Wildman–Crippen LogP) is -1.01. The number of aliphatic imine (C=N–C) groups is 1. The second-order valence-electron chi connectivity index (χ2n) is 13.5. The standard InChI is InChI=1S/C34H59N11O5/c1-22-18-40-23(2)19-41-26(20-42-29-11-4-3-10-28(29)38-14-13-37-22)9-6-12-39-30(46)16-27(17-32(48)49)44-31(47)21-43-33(50)24-7-5-8-25(15-24)45-34(35)36/h5,7-8,15,22-23,26-29,37-38,40-42H,3-4,6,9-14,16-21H2,1-2H3,(H,39,46)(H,43,50)(H,44,47)(H,48,49)(H4,35,36,45)/t22-,23-,26-,27?,28+,29-/m0/s1. The number of amides is 3. The van der Waals surface area contributed by atoms with Crippen LogP contribution in [-0.2, 0) is 14.4 Å². The minimum Gasteiger partial charge on any atom is -0.481 e. The average Bonchev–Trinajstić information content (AvgIpc) is 3.07. The monoisotopic (exact) mass is 701 g/mol. The summed E-state index contributed by atoms with van der Waals surface area (Å²) in [4.78, 5) is 53.3. The normalized spacial score (nSPS) is 24.2. The van der Waals surface area contributed by atoms with Gasteiger partial charge in [0.25, 0.3) is 5.91 Å². The Kier molecular flexibility index (Phi) is 17.9. The average molecular weight is 702 g/mol. The number of guanidine groups is 1. The fourth-order valence-electron chi connectivity index (χ4n) is 6.30. The molecule has 16 heteroatoms. The molecule has 1 aliphatic carbocycles. The van der Waals surface area contributed by atoms with Gasteiger partial charge in [-0.25, -0.2) is 4.99 Å². The smallest absolute Gasteiger partial charge is 0.305 e. The largest absolute Gasteiger partial charge is 0.481 e. The zero-order valence-corrected chi connectivity index (χ0v) is 29.6. The van der Waals surface area contributed by atoms with Gasteiger partial charge in [-0.05, 0) is 57.7 Å². The van der Waals surface area contributed by atoms with Crippen LogP contribution in [0, 0.1) is 0 Å². The molecule has 6 atom stereocenters. The van der Waals surface area contributed by atoms with Gasteiger partial charge in [0.15, 0.2) is 5.96 Å². The Hall–Kier alpha value is -3.83. The van der Waals surface area contributed by atoms with Crippen LogP contribution in [0.1, 0.15) is 75.6 Å². The summed E-state index contributed by atoms with van der Waals surface area (Å²) >= 11 is 0. The summed E-state index contributed by atoms with van der Waals surface area (Å²) in [5.41, 5.74) is 11.4. The Bertz CT molecular complexity index is 1260. The molecule has 0 bridgehead atoms. The lowest BCUT2D eigenvalue weighted by Gasteiger charge is -2.34. The minimum absolute atomic E-state index is 0.160. The lowest BCUT2D eigenvalue weighted by Crippen LogP contribution is -2.54. The number of carbonyl (C=O) groups excluding carboxylic acids is 3. The Morgan fingerprint density at radius 2 is 1.58 bits per heavy atom.